The second-order valence-electron chi connectivity index (χ2n) is 12.7. The summed E-state index contributed by atoms with van der Waals surface area (Å²) in [6, 6.07) is 17.4. The first-order valence-electron chi connectivity index (χ1n) is 16.1. The van der Waals surface area contributed by atoms with Gasteiger partial charge in [-0.05, 0) is 73.7 Å². The number of phenolic OH excluding ortho intramolecular Hbond substituents is 1. The smallest absolute Gasteiger partial charge is 0.238 e. The standard InChI is InChI=1S/C40H35NO8/c1-21-17-32(43)31-20-30-27(35(37(31)38(21)44)28-13-11-25(42)19-34(28)49-4)14-15-29-36(30)40(46)41(39(29)45)24-9-6-22(7-10-24)5-8-23-18-26(47-2)12-16-33(23)48-3/h5-14,16-19,29-30,35-36,42H,15,20H2,1-4H3/t29-,30+,35+,36-/m0/s1. The van der Waals surface area contributed by atoms with Crippen molar-refractivity contribution in [2.45, 2.75) is 25.7 Å². The van der Waals surface area contributed by atoms with E-state index < -0.39 is 23.7 Å². The van der Waals surface area contributed by atoms with Crippen LogP contribution in [0, 0.1) is 17.8 Å². The number of nitrogens with zero attached hydrogens (tertiary/aromatic N) is 1. The molecule has 3 aromatic carbocycles. The Morgan fingerprint density at radius 2 is 1.57 bits per heavy atom. The van der Waals surface area contributed by atoms with Gasteiger partial charge in [0, 0.05) is 39.8 Å². The molecule has 2 amide bonds. The Morgan fingerprint density at radius 1 is 0.816 bits per heavy atom. The van der Waals surface area contributed by atoms with E-state index >= 15 is 0 Å². The van der Waals surface area contributed by atoms with Crippen LogP contribution < -0.4 is 19.1 Å². The first-order chi connectivity index (χ1) is 23.6. The Bertz CT molecular complexity index is 2050. The number of amides is 2. The molecule has 0 aromatic heterocycles. The fraction of sp³-hybridized carbons (Fsp3) is 0.250. The van der Waals surface area contributed by atoms with Gasteiger partial charge in [0.15, 0.2) is 11.6 Å². The summed E-state index contributed by atoms with van der Waals surface area (Å²) in [6.07, 6.45) is 7.64. The topological polar surface area (TPSA) is 119 Å². The largest absolute Gasteiger partial charge is 0.508 e. The third-order valence-corrected chi connectivity index (χ3v) is 10.1. The molecule has 49 heavy (non-hydrogen) atoms. The molecule has 1 fully saturated rings. The van der Waals surface area contributed by atoms with Crippen molar-refractivity contribution in [1.29, 1.82) is 0 Å². The summed E-state index contributed by atoms with van der Waals surface area (Å²) in [5, 5.41) is 10.2. The molecule has 0 saturated carbocycles. The van der Waals surface area contributed by atoms with E-state index in [2.05, 4.69) is 0 Å². The van der Waals surface area contributed by atoms with E-state index in [1.165, 1.54) is 30.2 Å². The van der Waals surface area contributed by atoms with Crippen LogP contribution in [0.2, 0.25) is 0 Å². The number of methoxy groups -OCH3 is 3. The Morgan fingerprint density at radius 3 is 2.29 bits per heavy atom. The number of aromatic hydroxyl groups is 1. The van der Waals surface area contributed by atoms with E-state index in [0.29, 0.717) is 51.6 Å². The van der Waals surface area contributed by atoms with Crippen LogP contribution >= 0.6 is 0 Å². The molecule has 248 valence electrons. The van der Waals surface area contributed by atoms with Gasteiger partial charge in [-0.2, -0.15) is 0 Å². The van der Waals surface area contributed by atoms with Gasteiger partial charge in [-0.25, -0.2) is 0 Å². The van der Waals surface area contributed by atoms with Crippen molar-refractivity contribution in [2.24, 2.45) is 17.8 Å². The SMILES string of the molecule is COc1ccc(OC)c(C=Cc2ccc(N3C(=O)[C@H]4[C@H](CC=C5[C@H](c6ccc(O)cc6OC)C6=C(C[C@H]54)C(=O)C=C(C)C6=O)C3=O)cc2)c1. The molecule has 0 radical (unpaired) electrons. The molecule has 0 spiro atoms. The monoisotopic (exact) mass is 657 g/mol. The number of ketones is 2. The summed E-state index contributed by atoms with van der Waals surface area (Å²) in [7, 11) is 4.68. The van der Waals surface area contributed by atoms with Crippen molar-refractivity contribution in [3.63, 3.8) is 0 Å². The fourth-order valence-electron chi connectivity index (χ4n) is 7.80. The van der Waals surface area contributed by atoms with Crippen LogP contribution in [0.25, 0.3) is 12.2 Å². The van der Waals surface area contributed by atoms with Gasteiger partial charge >= 0.3 is 0 Å². The van der Waals surface area contributed by atoms with E-state index in [1.807, 2.05) is 48.6 Å². The number of imide groups is 1. The van der Waals surface area contributed by atoms with Gasteiger partial charge in [0.25, 0.3) is 0 Å². The number of phenols is 1. The van der Waals surface area contributed by atoms with Gasteiger partial charge in [0.1, 0.15) is 23.0 Å². The van der Waals surface area contributed by atoms with Crippen LogP contribution in [0.5, 0.6) is 23.0 Å². The van der Waals surface area contributed by atoms with Gasteiger partial charge in [-0.3, -0.25) is 24.1 Å². The molecule has 7 rings (SSSR count). The van der Waals surface area contributed by atoms with Crippen LogP contribution in [0.4, 0.5) is 5.69 Å². The summed E-state index contributed by atoms with van der Waals surface area (Å²) >= 11 is 0. The summed E-state index contributed by atoms with van der Waals surface area (Å²) in [6.45, 7) is 1.63. The molecule has 9 heteroatoms. The van der Waals surface area contributed by atoms with Crippen molar-refractivity contribution in [1.82, 2.24) is 0 Å². The van der Waals surface area contributed by atoms with Crippen molar-refractivity contribution in [3.8, 4) is 23.0 Å². The van der Waals surface area contributed by atoms with Gasteiger partial charge in [0.2, 0.25) is 11.8 Å². The number of ether oxygens (including phenoxy) is 3. The van der Waals surface area contributed by atoms with Crippen molar-refractivity contribution >= 4 is 41.2 Å². The average Bonchev–Trinajstić information content (AvgIpc) is 3.37. The highest BCUT2D eigenvalue weighted by Gasteiger charge is 2.56. The number of carbonyl (C=O) groups excluding carboxylic acids is 4. The number of carbonyl (C=O) groups is 4. The summed E-state index contributed by atoms with van der Waals surface area (Å²) < 4.78 is 16.4. The maximum absolute atomic E-state index is 14.3. The number of benzene rings is 3. The van der Waals surface area contributed by atoms with Gasteiger partial charge in [-0.1, -0.05) is 42.0 Å². The maximum Gasteiger partial charge on any atom is 0.238 e. The second-order valence-corrected chi connectivity index (χ2v) is 12.7. The minimum Gasteiger partial charge on any atom is -0.508 e. The molecule has 0 unspecified atom stereocenters. The highest BCUT2D eigenvalue weighted by atomic mass is 16.5. The molecule has 9 nitrogen and oxygen atoms in total. The molecule has 3 aromatic rings. The number of anilines is 1. The molecular formula is C40H35NO8. The number of fused-ring (bicyclic) bond motifs is 3. The zero-order valence-electron chi connectivity index (χ0n) is 27.6. The molecule has 4 aliphatic rings. The van der Waals surface area contributed by atoms with Crippen LogP contribution in [0.3, 0.4) is 0 Å². The number of rotatable bonds is 7. The van der Waals surface area contributed by atoms with Crippen LogP contribution in [0.15, 0.2) is 95.1 Å². The minimum atomic E-state index is -0.706. The Labute approximate surface area is 283 Å². The second kappa shape index (κ2) is 12.4. The van der Waals surface area contributed by atoms with E-state index in [1.54, 1.807) is 39.3 Å². The maximum atomic E-state index is 14.3. The summed E-state index contributed by atoms with van der Waals surface area (Å²) in [5.41, 5.74) is 4.67. The number of Topliss-reactive ketones (excluding diaryl/α,β-unsaturated/α-hetero) is 1. The lowest BCUT2D eigenvalue weighted by Gasteiger charge is -2.42. The third-order valence-electron chi connectivity index (χ3n) is 10.1. The summed E-state index contributed by atoms with van der Waals surface area (Å²) in [5.74, 6) is -1.80. The van der Waals surface area contributed by atoms with Crippen molar-refractivity contribution in [3.05, 3.63) is 112 Å². The van der Waals surface area contributed by atoms with Gasteiger partial charge in [-0.15, -0.1) is 0 Å². The highest BCUT2D eigenvalue weighted by Crippen LogP contribution is 2.56. The highest BCUT2D eigenvalue weighted by molar-refractivity contribution is 6.25. The molecule has 1 N–H and O–H groups in total. The van der Waals surface area contributed by atoms with E-state index in [-0.39, 0.29) is 35.6 Å². The fourth-order valence-corrected chi connectivity index (χ4v) is 7.80. The molecule has 1 aliphatic heterocycles. The van der Waals surface area contributed by atoms with Crippen molar-refractivity contribution in [2.75, 3.05) is 26.2 Å². The lowest BCUT2D eigenvalue weighted by molar-refractivity contribution is -0.123. The zero-order valence-corrected chi connectivity index (χ0v) is 27.6. The van der Waals surface area contributed by atoms with E-state index in [4.69, 9.17) is 14.2 Å². The molecular weight excluding hydrogens is 622 g/mol. The zero-order chi connectivity index (χ0) is 34.6. The first-order valence-corrected chi connectivity index (χ1v) is 16.1. The van der Waals surface area contributed by atoms with Crippen LogP contribution in [0.1, 0.15) is 42.4 Å². The lowest BCUT2D eigenvalue weighted by atomic mass is 9.59. The minimum absolute atomic E-state index is 0.00397. The number of hydrogen-bond donors (Lipinski definition) is 1. The predicted octanol–water partition coefficient (Wildman–Crippen LogP) is 6.22. The number of hydrogen-bond acceptors (Lipinski definition) is 8. The van der Waals surface area contributed by atoms with E-state index in [0.717, 1.165) is 16.7 Å². The predicted molar refractivity (Wildman–Crippen MR) is 183 cm³/mol. The number of allylic oxidation sites excluding steroid dienone is 6. The first kappa shape index (κ1) is 31.9. The van der Waals surface area contributed by atoms with Gasteiger partial charge in [0.05, 0.1) is 38.9 Å². The molecule has 3 aliphatic carbocycles. The Kier molecular flexibility index (Phi) is 8.06. The lowest BCUT2D eigenvalue weighted by Crippen LogP contribution is -2.40. The Hall–Kier alpha value is -5.70. The third kappa shape index (κ3) is 5.26. The molecule has 1 heterocycles. The summed E-state index contributed by atoms with van der Waals surface area (Å²) in [4.78, 5) is 56.6. The molecule has 0 bridgehead atoms. The average molecular weight is 658 g/mol. The van der Waals surface area contributed by atoms with Crippen molar-refractivity contribution < 1.29 is 38.5 Å². The molecule has 4 atom stereocenters. The van der Waals surface area contributed by atoms with Crippen LogP contribution in [-0.2, 0) is 19.2 Å². The Balaban J connectivity index is 1.22. The quantitative estimate of drug-likeness (QED) is 0.138. The normalized spacial score (nSPS) is 23.2. The van der Waals surface area contributed by atoms with Crippen LogP contribution in [-0.4, -0.2) is 49.8 Å². The van der Waals surface area contributed by atoms with Gasteiger partial charge < -0.3 is 19.3 Å². The molecule has 1 saturated heterocycles. The van der Waals surface area contributed by atoms with E-state index in [9.17, 15) is 24.3 Å².